The molecule has 0 spiro atoms. The van der Waals surface area contributed by atoms with Gasteiger partial charge in [-0.1, -0.05) is 86.2 Å². The highest BCUT2D eigenvalue weighted by Gasteiger charge is 2.23. The Bertz CT molecular complexity index is 1070. The molecule has 0 bridgehead atoms. The Labute approximate surface area is 192 Å². The lowest BCUT2D eigenvalue weighted by molar-refractivity contribution is 0.362. The largest absolute Gasteiger partial charge is 0.490 e. The molecule has 0 aliphatic carbocycles. The second-order valence-electron chi connectivity index (χ2n) is 8.45. The van der Waals surface area contributed by atoms with Crippen molar-refractivity contribution in [3.63, 3.8) is 0 Å². The van der Waals surface area contributed by atoms with Crippen molar-refractivity contribution in [3.05, 3.63) is 126 Å². The quantitative estimate of drug-likeness (QED) is 0.322. The summed E-state index contributed by atoms with van der Waals surface area (Å²) < 4.78 is 11.8. The molecule has 2 nitrogen and oxygen atoms in total. The van der Waals surface area contributed by atoms with Crippen LogP contribution in [0, 0.1) is 6.92 Å². The molecule has 0 saturated carbocycles. The molecule has 3 rings (SSSR count). The molecule has 0 atom stereocenters. The summed E-state index contributed by atoms with van der Waals surface area (Å²) in [5.74, 6) is 2.55. The molecule has 0 aliphatic rings. The summed E-state index contributed by atoms with van der Waals surface area (Å²) >= 11 is 0. The smallest absolute Gasteiger partial charge is 0.127 e. The van der Waals surface area contributed by atoms with E-state index in [0.29, 0.717) is 6.61 Å². The number of allylic oxidation sites excluding steroid dienone is 4. The second-order valence-corrected chi connectivity index (χ2v) is 8.45. The van der Waals surface area contributed by atoms with Crippen molar-refractivity contribution in [2.24, 2.45) is 0 Å². The number of aryl methyl sites for hydroxylation is 1. The lowest BCUT2D eigenvalue weighted by atomic mass is 9.78. The minimum atomic E-state index is -0.132. The number of ether oxygens (including phenoxy) is 2. The third-order valence-corrected chi connectivity index (χ3v) is 5.52. The maximum Gasteiger partial charge on any atom is 0.127 e. The Morgan fingerprint density at radius 1 is 0.812 bits per heavy atom. The molecule has 0 fully saturated rings. The van der Waals surface area contributed by atoms with E-state index in [1.54, 1.807) is 6.08 Å². The van der Waals surface area contributed by atoms with E-state index in [2.05, 4.69) is 63.7 Å². The normalized spacial score (nSPS) is 12.1. The molecule has 0 aromatic heterocycles. The van der Waals surface area contributed by atoms with Crippen LogP contribution < -0.4 is 9.47 Å². The van der Waals surface area contributed by atoms with Crippen LogP contribution in [0.1, 0.15) is 37.5 Å². The van der Waals surface area contributed by atoms with Gasteiger partial charge in [-0.2, -0.15) is 0 Å². The highest BCUT2D eigenvalue weighted by atomic mass is 16.5. The first kappa shape index (κ1) is 23.1. The van der Waals surface area contributed by atoms with Gasteiger partial charge in [0.25, 0.3) is 0 Å². The highest BCUT2D eigenvalue weighted by Crippen LogP contribution is 2.34. The minimum absolute atomic E-state index is 0.132. The van der Waals surface area contributed by atoms with Crippen LogP contribution in [0.25, 0.3) is 0 Å². The zero-order chi connectivity index (χ0) is 23.0. The highest BCUT2D eigenvalue weighted by molar-refractivity contribution is 5.43. The van der Waals surface area contributed by atoms with Crippen molar-refractivity contribution in [3.8, 4) is 17.2 Å². The summed E-state index contributed by atoms with van der Waals surface area (Å²) in [7, 11) is 0. The molecular weight excluding hydrogens is 392 g/mol. The first-order valence-corrected chi connectivity index (χ1v) is 10.9. The Balaban J connectivity index is 1.63. The van der Waals surface area contributed by atoms with Gasteiger partial charge >= 0.3 is 0 Å². The molecule has 0 aliphatic heterocycles. The zero-order valence-corrected chi connectivity index (χ0v) is 19.5. The standard InChI is InChI=1S/C30H32O2/c1-6-8-23(2)9-7-22-31-27-18-12-25(13-19-27)30(4,5)26-14-20-29(21-15-26)32-28-16-10-24(3)11-17-28/h6-21H,1,22H2,2-5H3/b9-7-,23-8-. The van der Waals surface area contributed by atoms with Crippen molar-refractivity contribution < 1.29 is 9.47 Å². The molecule has 3 aromatic carbocycles. The van der Waals surface area contributed by atoms with Crippen LogP contribution >= 0.6 is 0 Å². The predicted molar refractivity (Wildman–Crippen MR) is 135 cm³/mol. The fraction of sp³-hybridized carbons (Fsp3) is 0.200. The number of hydrogen-bond acceptors (Lipinski definition) is 2. The van der Waals surface area contributed by atoms with Crippen LogP contribution in [0.4, 0.5) is 0 Å². The van der Waals surface area contributed by atoms with Crippen LogP contribution in [0.15, 0.2) is 109 Å². The summed E-state index contributed by atoms with van der Waals surface area (Å²) in [6.45, 7) is 12.8. The van der Waals surface area contributed by atoms with Gasteiger partial charge in [0.15, 0.2) is 0 Å². The van der Waals surface area contributed by atoms with Crippen molar-refractivity contribution in [1.29, 1.82) is 0 Å². The predicted octanol–water partition coefficient (Wildman–Crippen LogP) is 8.18. The van der Waals surface area contributed by atoms with Gasteiger partial charge in [-0.25, -0.2) is 0 Å². The summed E-state index contributed by atoms with van der Waals surface area (Å²) in [4.78, 5) is 0. The maximum atomic E-state index is 5.97. The SMILES string of the molecule is C=C/C=C(C)\C=C/COc1ccc(C(C)(C)c2ccc(Oc3ccc(C)cc3)cc2)cc1. The molecule has 3 aromatic rings. The van der Waals surface area contributed by atoms with E-state index >= 15 is 0 Å². The number of hydrogen-bond donors (Lipinski definition) is 0. The molecule has 0 N–H and O–H groups in total. The average molecular weight is 425 g/mol. The van der Waals surface area contributed by atoms with Crippen molar-refractivity contribution in [2.45, 2.75) is 33.1 Å². The van der Waals surface area contributed by atoms with Gasteiger partial charge in [0.05, 0.1) is 0 Å². The summed E-state index contributed by atoms with van der Waals surface area (Å²) in [6, 6.07) is 24.8. The van der Waals surface area contributed by atoms with Crippen LogP contribution in [-0.4, -0.2) is 6.61 Å². The van der Waals surface area contributed by atoms with E-state index in [0.717, 1.165) is 22.8 Å². The Kier molecular flexibility index (Phi) is 7.72. The van der Waals surface area contributed by atoms with E-state index in [-0.39, 0.29) is 5.41 Å². The lowest BCUT2D eigenvalue weighted by Gasteiger charge is -2.26. The van der Waals surface area contributed by atoms with Gasteiger partial charge in [0.1, 0.15) is 23.9 Å². The average Bonchev–Trinajstić information content (AvgIpc) is 2.79. The van der Waals surface area contributed by atoms with Crippen molar-refractivity contribution in [1.82, 2.24) is 0 Å². The fourth-order valence-corrected chi connectivity index (χ4v) is 3.44. The Morgan fingerprint density at radius 3 is 1.84 bits per heavy atom. The Hall–Kier alpha value is -3.52. The van der Waals surface area contributed by atoms with Gasteiger partial charge in [0, 0.05) is 5.41 Å². The molecule has 0 unspecified atom stereocenters. The van der Waals surface area contributed by atoms with Gasteiger partial charge in [-0.05, 0) is 67.4 Å². The molecule has 2 heteroatoms. The van der Waals surface area contributed by atoms with E-state index in [9.17, 15) is 0 Å². The third-order valence-electron chi connectivity index (χ3n) is 5.52. The fourth-order valence-electron chi connectivity index (χ4n) is 3.44. The lowest BCUT2D eigenvalue weighted by Crippen LogP contribution is -2.18. The van der Waals surface area contributed by atoms with Gasteiger partial charge in [0.2, 0.25) is 0 Å². The molecule has 0 heterocycles. The first-order valence-electron chi connectivity index (χ1n) is 10.9. The molecule has 0 saturated heterocycles. The second kappa shape index (κ2) is 10.7. The van der Waals surface area contributed by atoms with E-state index in [1.165, 1.54) is 16.7 Å². The summed E-state index contributed by atoms with van der Waals surface area (Å²) in [5.41, 5.74) is 4.70. The van der Waals surface area contributed by atoms with Crippen molar-refractivity contribution in [2.75, 3.05) is 6.61 Å². The molecule has 32 heavy (non-hydrogen) atoms. The monoisotopic (exact) mass is 424 g/mol. The van der Waals surface area contributed by atoms with E-state index in [1.807, 2.05) is 61.5 Å². The van der Waals surface area contributed by atoms with Crippen LogP contribution in [0.3, 0.4) is 0 Å². The summed E-state index contributed by atoms with van der Waals surface area (Å²) in [5, 5.41) is 0. The molecule has 164 valence electrons. The maximum absolute atomic E-state index is 5.97. The molecule has 0 radical (unpaired) electrons. The minimum Gasteiger partial charge on any atom is -0.490 e. The van der Waals surface area contributed by atoms with Crippen molar-refractivity contribution >= 4 is 0 Å². The van der Waals surface area contributed by atoms with Crippen LogP contribution in [0.5, 0.6) is 17.2 Å². The van der Waals surface area contributed by atoms with Crippen LogP contribution in [-0.2, 0) is 5.41 Å². The summed E-state index contributed by atoms with van der Waals surface area (Å²) in [6.07, 6.45) is 7.79. The molecular formula is C30H32O2. The van der Waals surface area contributed by atoms with Gasteiger partial charge in [-0.3, -0.25) is 0 Å². The first-order chi connectivity index (χ1) is 15.4. The number of rotatable bonds is 9. The number of benzene rings is 3. The topological polar surface area (TPSA) is 18.5 Å². The van der Waals surface area contributed by atoms with E-state index in [4.69, 9.17) is 9.47 Å². The molecule has 0 amide bonds. The zero-order valence-electron chi connectivity index (χ0n) is 19.5. The Morgan fingerprint density at radius 2 is 1.31 bits per heavy atom. The van der Waals surface area contributed by atoms with E-state index < -0.39 is 0 Å². The van der Waals surface area contributed by atoms with Gasteiger partial charge < -0.3 is 9.47 Å². The van der Waals surface area contributed by atoms with Gasteiger partial charge in [-0.15, -0.1) is 0 Å². The van der Waals surface area contributed by atoms with Crippen LogP contribution in [0.2, 0.25) is 0 Å². The third kappa shape index (κ3) is 6.24.